The largest absolute Gasteiger partial charge is 0.490 e. The molecule has 1 saturated carbocycles. The number of benzene rings is 1. The Balaban J connectivity index is 2.00. The highest BCUT2D eigenvalue weighted by molar-refractivity contribution is 5.29. The van der Waals surface area contributed by atoms with Crippen LogP contribution in [-0.4, -0.2) is 6.10 Å². The van der Waals surface area contributed by atoms with E-state index in [2.05, 4.69) is 32.9 Å². The number of hydrogen-bond acceptors (Lipinski definition) is 2. The van der Waals surface area contributed by atoms with Crippen LogP contribution in [0.2, 0.25) is 0 Å². The first kappa shape index (κ1) is 14.4. The van der Waals surface area contributed by atoms with Gasteiger partial charge in [0.2, 0.25) is 0 Å². The summed E-state index contributed by atoms with van der Waals surface area (Å²) < 4.78 is 6.16. The van der Waals surface area contributed by atoms with Gasteiger partial charge in [-0.05, 0) is 55.2 Å². The Bertz CT molecular complexity index is 408. The lowest BCUT2D eigenvalue weighted by atomic mass is 9.71. The fourth-order valence-corrected chi connectivity index (χ4v) is 3.39. The lowest BCUT2D eigenvalue weighted by Gasteiger charge is -2.38. The molecule has 1 aliphatic rings. The molecule has 0 heterocycles. The van der Waals surface area contributed by atoms with Crippen LogP contribution in [0.5, 0.6) is 5.75 Å². The summed E-state index contributed by atoms with van der Waals surface area (Å²) in [6, 6.07) is 8.31. The van der Waals surface area contributed by atoms with Crippen LogP contribution in [0.3, 0.4) is 0 Å². The number of hydrogen-bond donors (Lipinski definition) is 1. The highest BCUT2D eigenvalue weighted by Crippen LogP contribution is 2.40. The van der Waals surface area contributed by atoms with Gasteiger partial charge in [0.15, 0.2) is 0 Å². The maximum absolute atomic E-state index is 6.16. The first-order valence-corrected chi connectivity index (χ1v) is 7.38. The second-order valence-corrected chi connectivity index (χ2v) is 7.01. The van der Waals surface area contributed by atoms with Crippen molar-refractivity contribution >= 4 is 0 Å². The van der Waals surface area contributed by atoms with E-state index in [0.29, 0.717) is 11.5 Å². The number of nitrogens with two attached hydrogens (primary N) is 1. The van der Waals surface area contributed by atoms with Gasteiger partial charge < -0.3 is 10.5 Å². The minimum atomic E-state index is 0.0858. The SMILES string of the molecule is CC1CC(Oc2ccc(C(C)N)cc2)CC(C)(C)C1. The van der Waals surface area contributed by atoms with Crippen molar-refractivity contribution < 1.29 is 4.74 Å². The highest BCUT2D eigenvalue weighted by Gasteiger charge is 2.33. The Kier molecular flexibility index (Phi) is 4.19. The summed E-state index contributed by atoms with van der Waals surface area (Å²) in [4.78, 5) is 0. The van der Waals surface area contributed by atoms with E-state index in [1.807, 2.05) is 19.1 Å². The summed E-state index contributed by atoms with van der Waals surface area (Å²) in [5.41, 5.74) is 7.41. The van der Waals surface area contributed by atoms with Crippen LogP contribution in [0.25, 0.3) is 0 Å². The Morgan fingerprint density at radius 3 is 2.37 bits per heavy atom. The molecule has 3 atom stereocenters. The molecule has 106 valence electrons. The van der Waals surface area contributed by atoms with E-state index in [0.717, 1.165) is 23.7 Å². The molecule has 0 aromatic heterocycles. The molecule has 0 radical (unpaired) electrons. The van der Waals surface area contributed by atoms with E-state index < -0.39 is 0 Å². The molecular formula is C17H27NO. The quantitative estimate of drug-likeness (QED) is 0.880. The van der Waals surface area contributed by atoms with Crippen molar-refractivity contribution in [1.82, 2.24) is 0 Å². The molecule has 2 heteroatoms. The summed E-state index contributed by atoms with van der Waals surface area (Å²) in [7, 11) is 0. The lowest BCUT2D eigenvalue weighted by molar-refractivity contribution is 0.0562. The zero-order valence-corrected chi connectivity index (χ0v) is 12.6. The van der Waals surface area contributed by atoms with Crippen LogP contribution in [0.1, 0.15) is 58.6 Å². The lowest BCUT2D eigenvalue weighted by Crippen LogP contribution is -2.34. The molecule has 1 aromatic rings. The van der Waals surface area contributed by atoms with Crippen LogP contribution in [-0.2, 0) is 0 Å². The van der Waals surface area contributed by atoms with Crippen LogP contribution >= 0.6 is 0 Å². The molecule has 3 unspecified atom stereocenters. The van der Waals surface area contributed by atoms with Crippen molar-refractivity contribution in [2.45, 2.75) is 59.1 Å². The van der Waals surface area contributed by atoms with Gasteiger partial charge in [-0.25, -0.2) is 0 Å². The average Bonchev–Trinajstić information content (AvgIpc) is 2.26. The third kappa shape index (κ3) is 3.97. The molecule has 1 aromatic carbocycles. The normalized spacial score (nSPS) is 27.8. The maximum Gasteiger partial charge on any atom is 0.119 e. The molecule has 0 bridgehead atoms. The van der Waals surface area contributed by atoms with Gasteiger partial charge in [-0.1, -0.05) is 32.9 Å². The van der Waals surface area contributed by atoms with E-state index in [1.165, 1.54) is 12.8 Å². The first-order chi connectivity index (χ1) is 8.85. The summed E-state index contributed by atoms with van der Waals surface area (Å²) in [5.74, 6) is 1.72. The van der Waals surface area contributed by atoms with Gasteiger partial charge in [0.1, 0.15) is 5.75 Å². The molecule has 0 saturated heterocycles. The van der Waals surface area contributed by atoms with Crippen LogP contribution in [0.15, 0.2) is 24.3 Å². The van der Waals surface area contributed by atoms with Crippen molar-refractivity contribution in [3.8, 4) is 5.75 Å². The van der Waals surface area contributed by atoms with Gasteiger partial charge in [0.25, 0.3) is 0 Å². The maximum atomic E-state index is 6.16. The van der Waals surface area contributed by atoms with Gasteiger partial charge in [-0.2, -0.15) is 0 Å². The third-order valence-electron chi connectivity index (χ3n) is 4.06. The minimum Gasteiger partial charge on any atom is -0.490 e. The van der Waals surface area contributed by atoms with Crippen molar-refractivity contribution in [1.29, 1.82) is 0 Å². The van der Waals surface area contributed by atoms with Gasteiger partial charge >= 0.3 is 0 Å². The second-order valence-electron chi connectivity index (χ2n) is 7.01. The second kappa shape index (κ2) is 5.54. The molecule has 2 rings (SSSR count). The fourth-order valence-electron chi connectivity index (χ4n) is 3.39. The smallest absolute Gasteiger partial charge is 0.119 e. The molecule has 0 spiro atoms. The summed E-state index contributed by atoms with van der Waals surface area (Å²) >= 11 is 0. The Morgan fingerprint density at radius 1 is 1.21 bits per heavy atom. The Morgan fingerprint density at radius 2 is 1.84 bits per heavy atom. The Labute approximate surface area is 117 Å². The van der Waals surface area contributed by atoms with Crippen molar-refractivity contribution in [2.24, 2.45) is 17.1 Å². The van der Waals surface area contributed by atoms with Crippen LogP contribution < -0.4 is 10.5 Å². The van der Waals surface area contributed by atoms with Crippen LogP contribution in [0.4, 0.5) is 0 Å². The van der Waals surface area contributed by atoms with Gasteiger partial charge in [0, 0.05) is 6.04 Å². The molecule has 1 aliphatic carbocycles. The van der Waals surface area contributed by atoms with E-state index in [-0.39, 0.29) is 6.04 Å². The topological polar surface area (TPSA) is 35.2 Å². The highest BCUT2D eigenvalue weighted by atomic mass is 16.5. The number of ether oxygens (including phenoxy) is 1. The molecular weight excluding hydrogens is 234 g/mol. The summed E-state index contributed by atoms with van der Waals surface area (Å²) in [6.07, 6.45) is 3.96. The summed E-state index contributed by atoms with van der Waals surface area (Å²) in [6.45, 7) is 9.02. The monoisotopic (exact) mass is 261 g/mol. The third-order valence-corrected chi connectivity index (χ3v) is 4.06. The van der Waals surface area contributed by atoms with Crippen molar-refractivity contribution in [2.75, 3.05) is 0 Å². The predicted octanol–water partition coefficient (Wildman–Crippen LogP) is 4.30. The van der Waals surface area contributed by atoms with Crippen molar-refractivity contribution in [3.63, 3.8) is 0 Å². The molecule has 2 nitrogen and oxygen atoms in total. The van der Waals surface area contributed by atoms with E-state index in [4.69, 9.17) is 10.5 Å². The van der Waals surface area contributed by atoms with E-state index in [1.54, 1.807) is 0 Å². The summed E-state index contributed by atoms with van der Waals surface area (Å²) in [5, 5.41) is 0. The predicted molar refractivity (Wildman–Crippen MR) is 80.3 cm³/mol. The zero-order valence-electron chi connectivity index (χ0n) is 12.6. The van der Waals surface area contributed by atoms with Gasteiger partial charge in [-0.3, -0.25) is 0 Å². The standard InChI is InChI=1S/C17H27NO/c1-12-9-16(11-17(3,4)10-12)19-15-7-5-14(6-8-15)13(2)18/h5-8,12-13,16H,9-11,18H2,1-4H3. The van der Waals surface area contributed by atoms with Crippen molar-refractivity contribution in [3.05, 3.63) is 29.8 Å². The van der Waals surface area contributed by atoms with Gasteiger partial charge in [-0.15, -0.1) is 0 Å². The van der Waals surface area contributed by atoms with Crippen LogP contribution in [0, 0.1) is 11.3 Å². The molecule has 1 fully saturated rings. The van der Waals surface area contributed by atoms with E-state index in [9.17, 15) is 0 Å². The number of rotatable bonds is 3. The Hall–Kier alpha value is -1.02. The molecule has 0 amide bonds. The first-order valence-electron chi connectivity index (χ1n) is 7.38. The zero-order chi connectivity index (χ0) is 14.0. The minimum absolute atomic E-state index is 0.0858. The fraction of sp³-hybridized carbons (Fsp3) is 0.647. The van der Waals surface area contributed by atoms with Gasteiger partial charge in [0.05, 0.1) is 6.10 Å². The average molecular weight is 261 g/mol. The molecule has 19 heavy (non-hydrogen) atoms. The molecule has 2 N–H and O–H groups in total. The molecule has 0 aliphatic heterocycles. The van der Waals surface area contributed by atoms with E-state index >= 15 is 0 Å².